The fourth-order valence-electron chi connectivity index (χ4n) is 2.32. The van der Waals surface area contributed by atoms with Crippen LogP contribution >= 0.6 is 0 Å². The van der Waals surface area contributed by atoms with E-state index in [1.807, 2.05) is 6.08 Å². The molecule has 122 valence electrons. The van der Waals surface area contributed by atoms with Crippen LogP contribution in [-0.2, 0) is 9.59 Å². The van der Waals surface area contributed by atoms with Gasteiger partial charge in [0.05, 0.1) is 0 Å². The molecule has 0 saturated heterocycles. The molecule has 0 aliphatic heterocycles. The summed E-state index contributed by atoms with van der Waals surface area (Å²) in [5.41, 5.74) is 0.962. The highest BCUT2D eigenvalue weighted by atomic mass is 16.4. The van der Waals surface area contributed by atoms with Gasteiger partial charge in [-0.2, -0.15) is 0 Å². The summed E-state index contributed by atoms with van der Waals surface area (Å²) in [4.78, 5) is 34.7. The van der Waals surface area contributed by atoms with Crippen molar-refractivity contribution in [1.82, 2.24) is 5.32 Å². The van der Waals surface area contributed by atoms with Crippen LogP contribution in [0, 0.1) is 5.92 Å². The third-order valence-electron chi connectivity index (χ3n) is 3.77. The molecule has 0 fully saturated rings. The lowest BCUT2D eigenvalue weighted by Crippen LogP contribution is -2.38. The quantitative estimate of drug-likeness (QED) is 0.726. The number of benzene rings is 1. The summed E-state index contributed by atoms with van der Waals surface area (Å²) >= 11 is 0. The van der Waals surface area contributed by atoms with E-state index in [0.29, 0.717) is 11.3 Å². The van der Waals surface area contributed by atoms with E-state index in [2.05, 4.69) is 16.7 Å². The molecule has 0 saturated carbocycles. The number of carboxylic acids is 1. The van der Waals surface area contributed by atoms with Gasteiger partial charge < -0.3 is 15.7 Å². The van der Waals surface area contributed by atoms with Crippen molar-refractivity contribution in [2.75, 3.05) is 5.32 Å². The molecular weight excluding hydrogens is 296 g/mol. The molecule has 3 N–H and O–H groups in total. The molecule has 0 bridgehead atoms. The number of anilines is 1. The van der Waals surface area contributed by atoms with Crippen LogP contribution < -0.4 is 10.6 Å². The zero-order chi connectivity index (χ0) is 16.8. The van der Waals surface area contributed by atoms with E-state index in [-0.39, 0.29) is 11.8 Å². The van der Waals surface area contributed by atoms with Gasteiger partial charge in [-0.3, -0.25) is 14.4 Å². The van der Waals surface area contributed by atoms with Gasteiger partial charge in [0, 0.05) is 17.2 Å². The van der Waals surface area contributed by atoms with E-state index >= 15 is 0 Å². The fourth-order valence-corrected chi connectivity index (χ4v) is 2.32. The maximum absolute atomic E-state index is 12.1. The zero-order valence-corrected chi connectivity index (χ0v) is 12.9. The summed E-state index contributed by atoms with van der Waals surface area (Å²) in [6, 6.07) is 5.43. The second kappa shape index (κ2) is 7.58. The molecule has 1 aromatic rings. The summed E-state index contributed by atoms with van der Waals surface area (Å²) in [6.07, 6.45) is 6.61. The topological polar surface area (TPSA) is 95.5 Å². The van der Waals surface area contributed by atoms with E-state index < -0.39 is 17.9 Å². The van der Waals surface area contributed by atoms with E-state index in [4.69, 9.17) is 5.11 Å². The number of allylic oxidation sites excluding steroid dienone is 2. The Morgan fingerprint density at radius 3 is 2.43 bits per heavy atom. The van der Waals surface area contributed by atoms with Crippen LogP contribution in [-0.4, -0.2) is 28.9 Å². The minimum atomic E-state index is -1.09. The Bertz CT molecular complexity index is 622. The first-order chi connectivity index (χ1) is 11.0. The molecule has 1 aliphatic carbocycles. The first-order valence-electron chi connectivity index (χ1n) is 7.57. The molecule has 1 aromatic carbocycles. The van der Waals surface area contributed by atoms with Crippen LogP contribution in [0.5, 0.6) is 0 Å². The smallest absolute Gasteiger partial charge is 0.325 e. The van der Waals surface area contributed by atoms with E-state index in [1.165, 1.54) is 6.92 Å². The number of amides is 2. The van der Waals surface area contributed by atoms with Gasteiger partial charge in [0.25, 0.3) is 5.91 Å². The second-order valence-corrected chi connectivity index (χ2v) is 5.58. The Labute approximate surface area is 134 Å². The molecule has 2 rings (SSSR count). The van der Waals surface area contributed by atoms with Crippen LogP contribution in [0.2, 0.25) is 0 Å². The van der Waals surface area contributed by atoms with Gasteiger partial charge in [0.15, 0.2) is 0 Å². The van der Waals surface area contributed by atoms with Crippen molar-refractivity contribution in [3.05, 3.63) is 42.0 Å². The number of carbonyl (C=O) groups is 3. The predicted octanol–water partition coefficient (Wildman–Crippen LogP) is 2.18. The van der Waals surface area contributed by atoms with Crippen LogP contribution in [0.3, 0.4) is 0 Å². The van der Waals surface area contributed by atoms with E-state index in [0.717, 1.165) is 19.3 Å². The largest absolute Gasteiger partial charge is 0.480 e. The highest BCUT2D eigenvalue weighted by molar-refractivity contribution is 5.97. The molecule has 1 aliphatic rings. The summed E-state index contributed by atoms with van der Waals surface area (Å²) in [6.45, 7) is 1.40. The SMILES string of the molecule is C[C@H](NC(=O)c1ccc(NC(=O)[C@@H]2CC=CCC2)cc1)C(=O)O. The molecule has 2 amide bonds. The van der Waals surface area contributed by atoms with Crippen LogP contribution in [0.25, 0.3) is 0 Å². The van der Waals surface area contributed by atoms with Gasteiger partial charge in [0.1, 0.15) is 6.04 Å². The Morgan fingerprint density at radius 1 is 1.17 bits per heavy atom. The fraction of sp³-hybridized carbons (Fsp3) is 0.353. The van der Waals surface area contributed by atoms with Gasteiger partial charge in [-0.1, -0.05) is 12.2 Å². The van der Waals surface area contributed by atoms with Crippen molar-refractivity contribution < 1.29 is 19.5 Å². The molecule has 0 heterocycles. The molecule has 0 aromatic heterocycles. The second-order valence-electron chi connectivity index (χ2n) is 5.58. The van der Waals surface area contributed by atoms with Crippen molar-refractivity contribution in [2.45, 2.75) is 32.2 Å². The van der Waals surface area contributed by atoms with E-state index in [9.17, 15) is 14.4 Å². The van der Waals surface area contributed by atoms with Crippen molar-refractivity contribution in [3.63, 3.8) is 0 Å². The van der Waals surface area contributed by atoms with Crippen molar-refractivity contribution >= 4 is 23.5 Å². The Balaban J connectivity index is 1.93. The Morgan fingerprint density at radius 2 is 1.87 bits per heavy atom. The lowest BCUT2D eigenvalue weighted by Gasteiger charge is -2.17. The van der Waals surface area contributed by atoms with Crippen molar-refractivity contribution in [1.29, 1.82) is 0 Å². The normalized spacial score (nSPS) is 18.0. The summed E-state index contributed by atoms with van der Waals surface area (Å²) in [5, 5.41) is 14.0. The lowest BCUT2D eigenvalue weighted by molar-refractivity contribution is -0.138. The molecule has 0 spiro atoms. The number of hydrogen-bond acceptors (Lipinski definition) is 3. The minimum Gasteiger partial charge on any atom is -0.480 e. The molecule has 0 unspecified atom stereocenters. The Hall–Kier alpha value is -2.63. The highest BCUT2D eigenvalue weighted by Gasteiger charge is 2.19. The van der Waals surface area contributed by atoms with Crippen LogP contribution in [0.4, 0.5) is 5.69 Å². The summed E-state index contributed by atoms with van der Waals surface area (Å²) in [5.74, 6) is -1.59. The highest BCUT2D eigenvalue weighted by Crippen LogP contribution is 2.20. The lowest BCUT2D eigenvalue weighted by atomic mass is 9.93. The first kappa shape index (κ1) is 16.7. The minimum absolute atomic E-state index is 0.0145. The molecule has 0 radical (unpaired) electrons. The van der Waals surface area contributed by atoms with Gasteiger partial charge in [-0.05, 0) is 50.5 Å². The number of carbonyl (C=O) groups excluding carboxylic acids is 2. The van der Waals surface area contributed by atoms with Gasteiger partial charge in [-0.25, -0.2) is 0 Å². The molecule has 6 heteroatoms. The average molecular weight is 316 g/mol. The monoisotopic (exact) mass is 316 g/mol. The number of aliphatic carboxylic acids is 1. The van der Waals surface area contributed by atoms with Crippen LogP contribution in [0.1, 0.15) is 36.5 Å². The number of nitrogens with one attached hydrogen (secondary N) is 2. The summed E-state index contributed by atoms with van der Waals surface area (Å²) < 4.78 is 0. The van der Waals surface area contributed by atoms with Crippen molar-refractivity contribution in [2.24, 2.45) is 5.92 Å². The molecule has 6 nitrogen and oxygen atoms in total. The zero-order valence-electron chi connectivity index (χ0n) is 12.9. The Kier molecular flexibility index (Phi) is 5.51. The maximum atomic E-state index is 12.1. The third-order valence-corrected chi connectivity index (χ3v) is 3.77. The maximum Gasteiger partial charge on any atom is 0.325 e. The predicted molar refractivity (Wildman–Crippen MR) is 86.1 cm³/mol. The summed E-state index contributed by atoms with van der Waals surface area (Å²) in [7, 11) is 0. The van der Waals surface area contributed by atoms with Gasteiger partial charge in [0.2, 0.25) is 5.91 Å². The molecular formula is C17H20N2O4. The average Bonchev–Trinajstić information content (AvgIpc) is 2.56. The number of hydrogen-bond donors (Lipinski definition) is 3. The van der Waals surface area contributed by atoms with E-state index in [1.54, 1.807) is 24.3 Å². The van der Waals surface area contributed by atoms with Gasteiger partial charge in [-0.15, -0.1) is 0 Å². The van der Waals surface area contributed by atoms with Gasteiger partial charge >= 0.3 is 5.97 Å². The third kappa shape index (κ3) is 4.67. The standard InChI is InChI=1S/C17H20N2O4/c1-11(17(22)23)18-15(20)13-7-9-14(10-8-13)19-16(21)12-5-3-2-4-6-12/h2-3,7-12H,4-6H2,1H3,(H,18,20)(H,19,21)(H,22,23)/t11-,12+/m0/s1. The molecule has 2 atom stereocenters. The van der Waals surface area contributed by atoms with Crippen LogP contribution in [0.15, 0.2) is 36.4 Å². The number of rotatable bonds is 5. The molecule has 23 heavy (non-hydrogen) atoms. The van der Waals surface area contributed by atoms with Crippen molar-refractivity contribution in [3.8, 4) is 0 Å². The number of carboxylic acid groups (broad SMARTS) is 1. The first-order valence-corrected chi connectivity index (χ1v) is 7.57.